The summed E-state index contributed by atoms with van der Waals surface area (Å²) in [6.45, 7) is 0. The maximum Gasteiger partial charge on any atom is 0.417 e. The van der Waals surface area contributed by atoms with E-state index in [1.807, 2.05) is 0 Å². The summed E-state index contributed by atoms with van der Waals surface area (Å²) >= 11 is 5.80. The van der Waals surface area contributed by atoms with Gasteiger partial charge in [0.25, 0.3) is 0 Å². The molecule has 0 bridgehead atoms. The van der Waals surface area contributed by atoms with E-state index in [-0.39, 0.29) is 20.0 Å². The largest absolute Gasteiger partial charge is 0.417 e. The summed E-state index contributed by atoms with van der Waals surface area (Å²) in [4.78, 5) is 0. The smallest absolute Gasteiger partial charge is 0.243 e. The number of hydrogen-bond donors (Lipinski definition) is 0. The van der Waals surface area contributed by atoms with Crippen molar-refractivity contribution in [1.82, 2.24) is 10.3 Å². The quantitative estimate of drug-likeness (QED) is 0.729. The van der Waals surface area contributed by atoms with Gasteiger partial charge in [0.1, 0.15) is 0 Å². The SMILES string of the molecule is FC(F)(F)c1cc(Br)c2nonc2c1Br. The van der Waals surface area contributed by atoms with Gasteiger partial charge in [-0.2, -0.15) is 13.2 Å². The van der Waals surface area contributed by atoms with E-state index < -0.39 is 11.7 Å². The molecule has 0 aliphatic heterocycles. The van der Waals surface area contributed by atoms with Crippen molar-refractivity contribution in [3.05, 3.63) is 20.6 Å². The highest BCUT2D eigenvalue weighted by Gasteiger charge is 2.35. The second-order valence-corrected chi connectivity index (χ2v) is 4.33. The molecule has 1 aromatic carbocycles. The van der Waals surface area contributed by atoms with Crippen molar-refractivity contribution in [2.75, 3.05) is 0 Å². The van der Waals surface area contributed by atoms with Gasteiger partial charge < -0.3 is 0 Å². The molecule has 0 fully saturated rings. The lowest BCUT2D eigenvalue weighted by atomic mass is 10.2. The van der Waals surface area contributed by atoms with Gasteiger partial charge in [-0.3, -0.25) is 0 Å². The van der Waals surface area contributed by atoms with Gasteiger partial charge in [-0.25, -0.2) is 4.63 Å². The first-order valence-corrected chi connectivity index (χ1v) is 5.17. The molecule has 0 N–H and O–H groups in total. The zero-order valence-corrected chi connectivity index (χ0v) is 9.94. The fraction of sp³-hybridized carbons (Fsp3) is 0.143. The maximum atomic E-state index is 12.5. The molecule has 0 spiro atoms. The molecular weight excluding hydrogens is 345 g/mol. The summed E-state index contributed by atoms with van der Waals surface area (Å²) in [5.41, 5.74) is -0.538. The summed E-state index contributed by atoms with van der Waals surface area (Å²) in [7, 11) is 0. The van der Waals surface area contributed by atoms with Crippen molar-refractivity contribution >= 4 is 42.9 Å². The summed E-state index contributed by atoms with van der Waals surface area (Å²) in [6, 6.07) is 0.927. The molecule has 0 aliphatic carbocycles. The van der Waals surface area contributed by atoms with Crippen LogP contribution in [0.25, 0.3) is 11.0 Å². The Morgan fingerprint density at radius 2 is 1.73 bits per heavy atom. The van der Waals surface area contributed by atoms with Gasteiger partial charge in [-0.1, -0.05) is 0 Å². The van der Waals surface area contributed by atoms with Gasteiger partial charge in [0.15, 0.2) is 11.0 Å². The molecule has 0 atom stereocenters. The van der Waals surface area contributed by atoms with Gasteiger partial charge in [-0.15, -0.1) is 0 Å². The van der Waals surface area contributed by atoms with Crippen LogP contribution in [-0.2, 0) is 6.18 Å². The van der Waals surface area contributed by atoms with Crippen LogP contribution in [0.15, 0.2) is 19.6 Å². The molecule has 0 amide bonds. The lowest BCUT2D eigenvalue weighted by Gasteiger charge is -2.08. The van der Waals surface area contributed by atoms with E-state index in [9.17, 15) is 13.2 Å². The molecule has 8 heteroatoms. The van der Waals surface area contributed by atoms with Crippen LogP contribution in [0.4, 0.5) is 13.2 Å². The van der Waals surface area contributed by atoms with Crippen molar-refractivity contribution in [3.8, 4) is 0 Å². The average molecular weight is 346 g/mol. The Morgan fingerprint density at radius 3 is 2.33 bits per heavy atom. The minimum absolute atomic E-state index is 0.0386. The van der Waals surface area contributed by atoms with E-state index in [1.54, 1.807) is 0 Å². The number of alkyl halides is 3. The highest BCUT2D eigenvalue weighted by atomic mass is 79.9. The number of aromatic nitrogens is 2. The number of halogens is 5. The fourth-order valence-electron chi connectivity index (χ4n) is 1.08. The standard InChI is InChI=1S/C7HBr2F3N2O/c8-3-1-2(7(10,11)12)4(9)6-5(3)13-15-14-6/h1H. The molecule has 0 saturated heterocycles. The number of hydrogen-bond acceptors (Lipinski definition) is 3. The van der Waals surface area contributed by atoms with Crippen LogP contribution in [-0.4, -0.2) is 10.3 Å². The Kier molecular flexibility index (Phi) is 2.50. The summed E-state index contributed by atoms with van der Waals surface area (Å²) < 4.78 is 42.0. The maximum absolute atomic E-state index is 12.5. The van der Waals surface area contributed by atoms with E-state index in [4.69, 9.17) is 0 Å². The highest BCUT2D eigenvalue weighted by Crippen LogP contribution is 2.40. The third-order valence-electron chi connectivity index (χ3n) is 1.74. The highest BCUT2D eigenvalue weighted by molar-refractivity contribution is 9.11. The third-order valence-corrected chi connectivity index (χ3v) is 3.14. The summed E-state index contributed by atoms with van der Waals surface area (Å²) in [5, 5.41) is 6.86. The Morgan fingerprint density at radius 1 is 1.13 bits per heavy atom. The van der Waals surface area contributed by atoms with Crippen LogP contribution < -0.4 is 0 Å². The van der Waals surface area contributed by atoms with Crippen LogP contribution >= 0.6 is 31.9 Å². The number of fused-ring (bicyclic) bond motifs is 1. The summed E-state index contributed by atoms with van der Waals surface area (Å²) in [5.74, 6) is 0. The number of benzene rings is 1. The second-order valence-electron chi connectivity index (χ2n) is 2.68. The topological polar surface area (TPSA) is 38.9 Å². The predicted molar refractivity (Wildman–Crippen MR) is 52.2 cm³/mol. The van der Waals surface area contributed by atoms with Crippen LogP contribution in [0.1, 0.15) is 5.56 Å². The normalized spacial score (nSPS) is 12.3. The lowest BCUT2D eigenvalue weighted by molar-refractivity contribution is -0.138. The molecule has 0 radical (unpaired) electrons. The van der Waals surface area contributed by atoms with Gasteiger partial charge in [-0.05, 0) is 48.2 Å². The van der Waals surface area contributed by atoms with E-state index in [1.165, 1.54) is 0 Å². The zero-order valence-electron chi connectivity index (χ0n) is 6.77. The van der Waals surface area contributed by atoms with Crippen LogP contribution in [0.2, 0.25) is 0 Å². The molecule has 15 heavy (non-hydrogen) atoms. The molecule has 1 aromatic heterocycles. The Balaban J connectivity index is 2.83. The van der Waals surface area contributed by atoms with Crippen molar-refractivity contribution < 1.29 is 17.8 Å². The zero-order chi connectivity index (χ0) is 11.2. The molecule has 0 aliphatic rings. The van der Waals surface area contributed by atoms with Gasteiger partial charge in [0.2, 0.25) is 0 Å². The lowest BCUT2D eigenvalue weighted by Crippen LogP contribution is -2.06. The van der Waals surface area contributed by atoms with Crippen LogP contribution in [0.5, 0.6) is 0 Å². The Labute approximate surface area is 97.8 Å². The number of nitrogens with zero attached hydrogens (tertiary/aromatic N) is 2. The van der Waals surface area contributed by atoms with Crippen molar-refractivity contribution in [1.29, 1.82) is 0 Å². The predicted octanol–water partition coefficient (Wildman–Crippen LogP) is 3.77. The Bertz CT molecular complexity index is 523. The van der Waals surface area contributed by atoms with Crippen LogP contribution in [0.3, 0.4) is 0 Å². The van der Waals surface area contributed by atoms with E-state index in [0.717, 1.165) is 6.07 Å². The molecule has 80 valence electrons. The molecule has 2 aromatic rings. The first-order valence-electron chi connectivity index (χ1n) is 3.58. The summed E-state index contributed by atoms with van der Waals surface area (Å²) in [6.07, 6.45) is -4.45. The number of rotatable bonds is 0. The van der Waals surface area contributed by atoms with E-state index in [2.05, 4.69) is 46.8 Å². The average Bonchev–Trinajstić information content (AvgIpc) is 2.58. The van der Waals surface area contributed by atoms with E-state index in [0.29, 0.717) is 0 Å². The molecule has 2 rings (SSSR count). The van der Waals surface area contributed by atoms with Gasteiger partial charge in [0.05, 0.1) is 10.0 Å². The van der Waals surface area contributed by atoms with Crippen molar-refractivity contribution in [3.63, 3.8) is 0 Å². The van der Waals surface area contributed by atoms with Crippen LogP contribution in [0, 0.1) is 0 Å². The monoisotopic (exact) mass is 344 g/mol. The molecule has 3 nitrogen and oxygen atoms in total. The van der Waals surface area contributed by atoms with Gasteiger partial charge in [0, 0.05) is 4.47 Å². The second kappa shape index (κ2) is 3.44. The van der Waals surface area contributed by atoms with Crippen molar-refractivity contribution in [2.24, 2.45) is 0 Å². The molecular formula is C7HBr2F3N2O. The first-order chi connectivity index (χ1) is 6.91. The fourth-order valence-corrected chi connectivity index (χ4v) is 2.17. The molecule has 0 saturated carbocycles. The van der Waals surface area contributed by atoms with E-state index >= 15 is 0 Å². The minimum atomic E-state index is -4.45. The van der Waals surface area contributed by atoms with Gasteiger partial charge >= 0.3 is 6.18 Å². The van der Waals surface area contributed by atoms with Crippen molar-refractivity contribution in [2.45, 2.75) is 6.18 Å². The third kappa shape index (κ3) is 1.76. The molecule has 0 unspecified atom stereocenters. The Hall–Kier alpha value is -0.630. The molecule has 1 heterocycles. The first kappa shape index (κ1) is 10.9. The minimum Gasteiger partial charge on any atom is -0.243 e.